The van der Waals surface area contributed by atoms with Crippen LogP contribution in [0.1, 0.15) is 56.8 Å². The van der Waals surface area contributed by atoms with Crippen LogP contribution in [0.15, 0.2) is 4.52 Å². The largest absolute Gasteiger partial charge is 0.374 e. The zero-order chi connectivity index (χ0) is 12.0. The predicted molar refractivity (Wildman–Crippen MR) is 61.3 cm³/mol. The lowest BCUT2D eigenvalue weighted by Crippen LogP contribution is -2.18. The molecule has 94 valence electrons. The van der Waals surface area contributed by atoms with Gasteiger partial charge in [-0.15, -0.1) is 0 Å². The van der Waals surface area contributed by atoms with Gasteiger partial charge in [0.25, 0.3) is 0 Å². The van der Waals surface area contributed by atoms with Crippen LogP contribution in [0.3, 0.4) is 0 Å². The highest BCUT2D eigenvalue weighted by atomic mass is 16.5. The number of hydrogen-bond acceptors (Lipinski definition) is 5. The summed E-state index contributed by atoms with van der Waals surface area (Å²) in [5, 5.41) is 4.07. The predicted octanol–water partition coefficient (Wildman–Crippen LogP) is 1.76. The minimum atomic E-state index is -0.171. The van der Waals surface area contributed by atoms with Crippen LogP contribution in [0, 0.1) is 5.92 Å². The summed E-state index contributed by atoms with van der Waals surface area (Å²) in [5.41, 5.74) is 6.00. The maximum absolute atomic E-state index is 6.00. The third-order valence-electron chi connectivity index (χ3n) is 3.90. The van der Waals surface area contributed by atoms with E-state index >= 15 is 0 Å². The minimum absolute atomic E-state index is 0.171. The number of nitrogens with zero attached hydrogens (tertiary/aromatic N) is 2. The quantitative estimate of drug-likeness (QED) is 0.867. The van der Waals surface area contributed by atoms with Crippen molar-refractivity contribution in [3.63, 3.8) is 0 Å². The summed E-state index contributed by atoms with van der Waals surface area (Å²) in [6, 6.07) is -0.171. The molecule has 2 N–H and O–H groups in total. The second-order valence-electron chi connectivity index (χ2n) is 5.48. The number of aromatic nitrogens is 2. The Kier molecular flexibility index (Phi) is 2.67. The Morgan fingerprint density at radius 2 is 2.18 bits per heavy atom. The van der Waals surface area contributed by atoms with Gasteiger partial charge in [-0.05, 0) is 25.2 Å². The maximum Gasteiger partial charge on any atom is 0.243 e. The summed E-state index contributed by atoms with van der Waals surface area (Å²) in [7, 11) is 0. The standard InChI is InChI=1S/C12H19N3O2/c1-6(2)10(13)12-14-11(15-17-12)8-5-7-3-4-9(8)16-7/h6-10H,3-5,13H2,1-2H3/t7?,8?,9?,10-/m0/s1. The maximum atomic E-state index is 6.00. The van der Waals surface area contributed by atoms with E-state index in [0.29, 0.717) is 29.9 Å². The highest BCUT2D eigenvalue weighted by Gasteiger charge is 2.43. The molecule has 5 nitrogen and oxygen atoms in total. The average Bonchev–Trinajstić information content (AvgIpc) is 3.02. The summed E-state index contributed by atoms with van der Waals surface area (Å²) in [4.78, 5) is 4.45. The van der Waals surface area contributed by atoms with Gasteiger partial charge in [0.2, 0.25) is 5.89 Å². The summed E-state index contributed by atoms with van der Waals surface area (Å²) in [5.74, 6) is 1.95. The Morgan fingerprint density at radius 3 is 2.76 bits per heavy atom. The van der Waals surface area contributed by atoms with Gasteiger partial charge in [0.1, 0.15) is 0 Å². The van der Waals surface area contributed by atoms with Crippen LogP contribution in [0.25, 0.3) is 0 Å². The fourth-order valence-electron chi connectivity index (χ4n) is 2.73. The normalized spacial score (nSPS) is 33.5. The second kappa shape index (κ2) is 4.07. The van der Waals surface area contributed by atoms with E-state index in [9.17, 15) is 0 Å². The van der Waals surface area contributed by atoms with E-state index in [1.54, 1.807) is 0 Å². The van der Waals surface area contributed by atoms with Gasteiger partial charge in [-0.3, -0.25) is 0 Å². The molecule has 3 unspecified atom stereocenters. The Labute approximate surface area is 101 Å². The van der Waals surface area contributed by atoms with Gasteiger partial charge < -0.3 is 15.0 Å². The molecule has 5 heteroatoms. The van der Waals surface area contributed by atoms with Crippen molar-refractivity contribution in [1.82, 2.24) is 10.1 Å². The topological polar surface area (TPSA) is 74.2 Å². The Balaban J connectivity index is 1.77. The molecule has 0 radical (unpaired) electrons. The molecular weight excluding hydrogens is 218 g/mol. The molecular formula is C12H19N3O2. The zero-order valence-corrected chi connectivity index (χ0v) is 10.3. The third-order valence-corrected chi connectivity index (χ3v) is 3.90. The van der Waals surface area contributed by atoms with Crippen LogP contribution >= 0.6 is 0 Å². The molecule has 3 heterocycles. The van der Waals surface area contributed by atoms with Crippen molar-refractivity contribution in [3.05, 3.63) is 11.7 Å². The van der Waals surface area contributed by atoms with Crippen molar-refractivity contribution < 1.29 is 9.26 Å². The van der Waals surface area contributed by atoms with Crippen LogP contribution in [0.2, 0.25) is 0 Å². The molecule has 2 bridgehead atoms. The zero-order valence-electron chi connectivity index (χ0n) is 10.3. The van der Waals surface area contributed by atoms with Gasteiger partial charge >= 0.3 is 0 Å². The van der Waals surface area contributed by atoms with Gasteiger partial charge in [0.15, 0.2) is 5.82 Å². The molecule has 2 saturated heterocycles. The molecule has 2 fully saturated rings. The summed E-state index contributed by atoms with van der Waals surface area (Å²) in [6.07, 6.45) is 4.03. The first-order valence-electron chi connectivity index (χ1n) is 6.39. The van der Waals surface area contributed by atoms with Crippen LogP contribution in [0.4, 0.5) is 0 Å². The van der Waals surface area contributed by atoms with E-state index in [4.69, 9.17) is 15.0 Å². The van der Waals surface area contributed by atoms with Crippen LogP contribution in [0.5, 0.6) is 0 Å². The molecule has 0 spiro atoms. The number of hydrogen-bond donors (Lipinski definition) is 1. The molecule has 0 aromatic carbocycles. The average molecular weight is 237 g/mol. The first kappa shape index (κ1) is 11.2. The molecule has 4 atom stereocenters. The first-order valence-corrected chi connectivity index (χ1v) is 6.39. The number of rotatable bonds is 3. The number of nitrogens with two attached hydrogens (primary N) is 1. The second-order valence-corrected chi connectivity index (χ2v) is 5.48. The lowest BCUT2D eigenvalue weighted by Gasteiger charge is -2.14. The van der Waals surface area contributed by atoms with Crippen molar-refractivity contribution in [3.8, 4) is 0 Å². The van der Waals surface area contributed by atoms with E-state index < -0.39 is 0 Å². The van der Waals surface area contributed by atoms with Crippen molar-refractivity contribution >= 4 is 0 Å². The van der Waals surface area contributed by atoms with Crippen LogP contribution in [-0.2, 0) is 4.74 Å². The summed E-state index contributed by atoms with van der Waals surface area (Å²) >= 11 is 0. The van der Waals surface area contributed by atoms with E-state index in [0.717, 1.165) is 18.7 Å². The third kappa shape index (κ3) is 1.87. The van der Waals surface area contributed by atoms with Crippen molar-refractivity contribution in [2.75, 3.05) is 0 Å². The van der Waals surface area contributed by atoms with Gasteiger partial charge in [0.05, 0.1) is 24.2 Å². The van der Waals surface area contributed by atoms with Crippen molar-refractivity contribution in [1.29, 1.82) is 0 Å². The highest BCUT2D eigenvalue weighted by molar-refractivity contribution is 5.07. The molecule has 1 aromatic heterocycles. The fourth-order valence-corrected chi connectivity index (χ4v) is 2.73. The molecule has 0 saturated carbocycles. The highest BCUT2D eigenvalue weighted by Crippen LogP contribution is 2.43. The Bertz CT molecular complexity index is 404. The SMILES string of the molecule is CC(C)[C@H](N)c1nc(C2CC3CCC2O3)no1. The number of ether oxygens (including phenoxy) is 1. The molecule has 2 aliphatic rings. The van der Waals surface area contributed by atoms with Gasteiger partial charge in [-0.25, -0.2) is 0 Å². The molecule has 0 amide bonds. The molecule has 0 aliphatic carbocycles. The van der Waals surface area contributed by atoms with Crippen LogP contribution in [-0.4, -0.2) is 22.3 Å². The summed E-state index contributed by atoms with van der Waals surface area (Å²) < 4.78 is 11.1. The van der Waals surface area contributed by atoms with Crippen LogP contribution < -0.4 is 5.73 Å². The van der Waals surface area contributed by atoms with E-state index in [1.165, 1.54) is 6.42 Å². The monoisotopic (exact) mass is 237 g/mol. The molecule has 17 heavy (non-hydrogen) atoms. The van der Waals surface area contributed by atoms with E-state index in [1.807, 2.05) is 0 Å². The van der Waals surface area contributed by atoms with E-state index in [2.05, 4.69) is 24.0 Å². The van der Waals surface area contributed by atoms with Crippen molar-refractivity contribution in [2.45, 2.75) is 57.3 Å². The number of fused-ring (bicyclic) bond motifs is 2. The lowest BCUT2D eigenvalue weighted by atomic mass is 9.89. The lowest BCUT2D eigenvalue weighted by molar-refractivity contribution is 0.0996. The molecule has 1 aromatic rings. The Morgan fingerprint density at radius 1 is 1.35 bits per heavy atom. The minimum Gasteiger partial charge on any atom is -0.374 e. The Hall–Kier alpha value is -0.940. The van der Waals surface area contributed by atoms with Gasteiger partial charge in [-0.1, -0.05) is 19.0 Å². The van der Waals surface area contributed by atoms with Gasteiger partial charge in [-0.2, -0.15) is 4.98 Å². The molecule has 3 rings (SSSR count). The fraction of sp³-hybridized carbons (Fsp3) is 0.833. The van der Waals surface area contributed by atoms with Crippen molar-refractivity contribution in [2.24, 2.45) is 11.7 Å². The van der Waals surface area contributed by atoms with E-state index in [-0.39, 0.29) is 6.04 Å². The summed E-state index contributed by atoms with van der Waals surface area (Å²) in [6.45, 7) is 4.10. The molecule has 2 aliphatic heterocycles. The first-order chi connectivity index (χ1) is 8.15. The van der Waals surface area contributed by atoms with Gasteiger partial charge in [0, 0.05) is 0 Å². The smallest absolute Gasteiger partial charge is 0.243 e.